The fourth-order valence-corrected chi connectivity index (χ4v) is 2.83. The van der Waals surface area contributed by atoms with Crippen LogP contribution < -0.4 is 5.32 Å². The molecule has 3 rings (SSSR count). The van der Waals surface area contributed by atoms with Gasteiger partial charge in [0.1, 0.15) is 17.7 Å². The second-order valence-electron chi connectivity index (χ2n) is 5.23. The van der Waals surface area contributed by atoms with Crippen molar-refractivity contribution in [3.05, 3.63) is 59.3 Å². The average molecular weight is 275 g/mol. The highest BCUT2D eigenvalue weighted by Gasteiger charge is 2.21. The summed E-state index contributed by atoms with van der Waals surface area (Å²) < 4.78 is 18.4. The summed E-state index contributed by atoms with van der Waals surface area (Å²) in [4.78, 5) is 0. The van der Waals surface area contributed by atoms with Gasteiger partial charge in [-0.25, -0.2) is 4.39 Å². The van der Waals surface area contributed by atoms with Crippen LogP contribution in [-0.2, 0) is 6.42 Å². The monoisotopic (exact) mass is 275 g/mol. The van der Waals surface area contributed by atoms with Crippen molar-refractivity contribution in [3.8, 4) is 0 Å². The normalized spacial score (nSPS) is 19.6. The van der Waals surface area contributed by atoms with Gasteiger partial charge in [-0.15, -0.1) is 0 Å². The summed E-state index contributed by atoms with van der Waals surface area (Å²) in [5.41, 5.74) is 2.21. The zero-order valence-electron chi connectivity index (χ0n) is 11.2. The highest BCUT2D eigenvalue weighted by molar-refractivity contribution is 5.32. The first-order valence-electron chi connectivity index (χ1n) is 6.97. The van der Waals surface area contributed by atoms with E-state index in [0.29, 0.717) is 12.3 Å². The Kier molecular flexibility index (Phi) is 3.85. The van der Waals surface area contributed by atoms with Crippen molar-refractivity contribution in [1.82, 2.24) is 5.32 Å². The minimum Gasteiger partial charge on any atom is -0.467 e. The summed E-state index contributed by atoms with van der Waals surface area (Å²) in [6, 6.07) is 8.66. The molecule has 2 aromatic rings. The highest BCUT2D eigenvalue weighted by Crippen LogP contribution is 2.30. The van der Waals surface area contributed by atoms with Crippen molar-refractivity contribution in [2.45, 2.75) is 31.4 Å². The fraction of sp³-hybridized carbons (Fsp3) is 0.375. The molecule has 1 aromatic heterocycles. The van der Waals surface area contributed by atoms with Gasteiger partial charge in [0.05, 0.1) is 6.26 Å². The van der Waals surface area contributed by atoms with Crippen molar-refractivity contribution in [3.63, 3.8) is 0 Å². The second kappa shape index (κ2) is 5.77. The van der Waals surface area contributed by atoms with Gasteiger partial charge in [0.2, 0.25) is 0 Å². The lowest BCUT2D eigenvalue weighted by Crippen LogP contribution is -2.29. The van der Waals surface area contributed by atoms with Crippen LogP contribution in [-0.4, -0.2) is 11.7 Å². The predicted molar refractivity (Wildman–Crippen MR) is 73.7 cm³/mol. The van der Waals surface area contributed by atoms with Crippen LogP contribution in [0.4, 0.5) is 4.39 Å². The molecule has 1 aromatic carbocycles. The van der Waals surface area contributed by atoms with Crippen LogP contribution in [0.5, 0.6) is 0 Å². The summed E-state index contributed by atoms with van der Waals surface area (Å²) in [6.07, 6.45) is 3.85. The molecule has 1 aliphatic carbocycles. The van der Waals surface area contributed by atoms with Gasteiger partial charge in [0, 0.05) is 12.6 Å². The molecule has 0 amide bonds. The number of aryl methyl sites for hydroxylation is 1. The smallest absolute Gasteiger partial charge is 0.133 e. The lowest BCUT2D eigenvalue weighted by atomic mass is 9.87. The predicted octanol–water partition coefficient (Wildman–Crippen LogP) is 3.12. The van der Waals surface area contributed by atoms with Crippen LogP contribution in [0.1, 0.15) is 41.9 Å². The molecule has 0 saturated carbocycles. The third-order valence-corrected chi connectivity index (χ3v) is 3.85. The second-order valence-corrected chi connectivity index (χ2v) is 5.23. The Labute approximate surface area is 117 Å². The molecular weight excluding hydrogens is 257 g/mol. The zero-order valence-corrected chi connectivity index (χ0v) is 11.2. The minimum absolute atomic E-state index is 0.170. The summed E-state index contributed by atoms with van der Waals surface area (Å²) in [5.74, 6) is 0.382. The maximum Gasteiger partial charge on any atom is 0.133 e. The van der Waals surface area contributed by atoms with Gasteiger partial charge in [-0.1, -0.05) is 6.07 Å². The number of hydrogen-bond acceptors (Lipinski definition) is 3. The van der Waals surface area contributed by atoms with E-state index in [1.54, 1.807) is 24.5 Å². The maximum absolute atomic E-state index is 13.2. The summed E-state index contributed by atoms with van der Waals surface area (Å²) >= 11 is 0. The SMILES string of the molecule is O[C@@H](CN[C@H]1CCCc2cc(F)ccc21)c1ccco1. The van der Waals surface area contributed by atoms with Crippen LogP contribution in [0, 0.1) is 5.82 Å². The number of aliphatic hydroxyl groups excluding tert-OH is 1. The highest BCUT2D eigenvalue weighted by atomic mass is 19.1. The van der Waals surface area contributed by atoms with E-state index in [-0.39, 0.29) is 11.9 Å². The van der Waals surface area contributed by atoms with E-state index in [0.717, 1.165) is 30.4 Å². The van der Waals surface area contributed by atoms with Crippen LogP contribution in [0.15, 0.2) is 41.0 Å². The van der Waals surface area contributed by atoms with Crippen LogP contribution in [0.3, 0.4) is 0 Å². The quantitative estimate of drug-likeness (QED) is 0.901. The molecule has 2 N–H and O–H groups in total. The molecule has 106 valence electrons. The Morgan fingerprint density at radius 3 is 3.10 bits per heavy atom. The standard InChI is InChI=1S/C16H18FNO2/c17-12-6-7-13-11(9-12)3-1-4-14(13)18-10-15(19)16-5-2-8-20-16/h2,5-9,14-15,18-19H,1,3-4,10H2/t14-,15-/m0/s1. The number of benzene rings is 1. The topological polar surface area (TPSA) is 45.4 Å². The molecule has 3 nitrogen and oxygen atoms in total. The Morgan fingerprint density at radius 2 is 2.30 bits per heavy atom. The molecule has 20 heavy (non-hydrogen) atoms. The number of fused-ring (bicyclic) bond motifs is 1. The van der Waals surface area contributed by atoms with Gasteiger partial charge < -0.3 is 14.8 Å². The number of rotatable bonds is 4. The lowest BCUT2D eigenvalue weighted by molar-refractivity contribution is 0.142. The van der Waals surface area contributed by atoms with Crippen LogP contribution >= 0.6 is 0 Å². The van der Waals surface area contributed by atoms with Gasteiger partial charge in [-0.3, -0.25) is 0 Å². The van der Waals surface area contributed by atoms with Crippen molar-refractivity contribution >= 4 is 0 Å². The first-order valence-corrected chi connectivity index (χ1v) is 6.97. The third kappa shape index (κ3) is 2.76. The number of furan rings is 1. The number of nitrogens with one attached hydrogen (secondary N) is 1. The molecule has 0 aliphatic heterocycles. The number of halogens is 1. The average Bonchev–Trinajstić information content (AvgIpc) is 2.98. The van der Waals surface area contributed by atoms with Crippen molar-refractivity contribution in [1.29, 1.82) is 0 Å². The van der Waals surface area contributed by atoms with Gasteiger partial charge in [0.25, 0.3) is 0 Å². The molecule has 0 saturated heterocycles. The Morgan fingerprint density at radius 1 is 1.40 bits per heavy atom. The maximum atomic E-state index is 13.2. The van der Waals surface area contributed by atoms with Crippen molar-refractivity contribution < 1.29 is 13.9 Å². The van der Waals surface area contributed by atoms with E-state index in [1.807, 2.05) is 6.07 Å². The molecule has 4 heteroatoms. The summed E-state index contributed by atoms with van der Waals surface area (Å²) in [6.45, 7) is 0.426. The molecule has 0 bridgehead atoms. The van der Waals surface area contributed by atoms with Gasteiger partial charge in [-0.2, -0.15) is 0 Å². The van der Waals surface area contributed by atoms with Gasteiger partial charge in [-0.05, 0) is 54.7 Å². The third-order valence-electron chi connectivity index (χ3n) is 3.85. The molecule has 0 radical (unpaired) electrons. The molecule has 0 spiro atoms. The molecular formula is C16H18FNO2. The molecule has 2 atom stereocenters. The first-order chi connectivity index (χ1) is 9.74. The Hall–Kier alpha value is -1.65. The van der Waals surface area contributed by atoms with E-state index in [1.165, 1.54) is 6.07 Å². The number of hydrogen-bond donors (Lipinski definition) is 2. The molecule has 1 heterocycles. The summed E-state index contributed by atoms with van der Waals surface area (Å²) in [7, 11) is 0. The molecule has 0 fully saturated rings. The van der Waals surface area contributed by atoms with Crippen molar-refractivity contribution in [2.75, 3.05) is 6.54 Å². The largest absolute Gasteiger partial charge is 0.467 e. The Balaban J connectivity index is 1.67. The minimum atomic E-state index is -0.657. The first kappa shape index (κ1) is 13.3. The zero-order chi connectivity index (χ0) is 13.9. The van der Waals surface area contributed by atoms with Crippen LogP contribution in [0.2, 0.25) is 0 Å². The van der Waals surface area contributed by atoms with E-state index < -0.39 is 6.10 Å². The Bertz CT molecular complexity index is 568. The van der Waals surface area contributed by atoms with E-state index in [2.05, 4.69) is 5.32 Å². The van der Waals surface area contributed by atoms with Crippen LogP contribution in [0.25, 0.3) is 0 Å². The van der Waals surface area contributed by atoms with Gasteiger partial charge >= 0.3 is 0 Å². The van der Waals surface area contributed by atoms with E-state index in [4.69, 9.17) is 4.42 Å². The van der Waals surface area contributed by atoms with Crippen molar-refractivity contribution in [2.24, 2.45) is 0 Å². The summed E-state index contributed by atoms with van der Waals surface area (Å²) in [5, 5.41) is 13.4. The molecule has 1 aliphatic rings. The van der Waals surface area contributed by atoms with Gasteiger partial charge in [0.15, 0.2) is 0 Å². The fourth-order valence-electron chi connectivity index (χ4n) is 2.83. The number of aliphatic hydroxyl groups is 1. The lowest BCUT2D eigenvalue weighted by Gasteiger charge is -2.27. The molecule has 0 unspecified atom stereocenters. The van der Waals surface area contributed by atoms with E-state index >= 15 is 0 Å². The van der Waals surface area contributed by atoms with E-state index in [9.17, 15) is 9.50 Å².